The molecule has 0 bridgehead atoms. The minimum Gasteiger partial charge on any atom is -0.493 e. The number of nitrogens with one attached hydrogen (secondary N) is 1. The van der Waals surface area contributed by atoms with Crippen LogP contribution in [0, 0.1) is 6.92 Å². The molecule has 0 aromatic heterocycles. The predicted octanol–water partition coefficient (Wildman–Crippen LogP) is 3.05. The molecule has 0 saturated carbocycles. The molecule has 1 amide bonds. The molecule has 6 heteroatoms. The average molecular weight is 357 g/mol. The number of methoxy groups -OCH3 is 2. The topological polar surface area (TPSA) is 73.9 Å². The fourth-order valence-electron chi connectivity index (χ4n) is 2.40. The molecule has 2 rings (SSSR count). The van der Waals surface area contributed by atoms with E-state index in [1.165, 1.54) is 20.3 Å². The first-order valence-electron chi connectivity index (χ1n) is 8.19. The summed E-state index contributed by atoms with van der Waals surface area (Å²) in [5.74, 6) is -0.0518. The highest BCUT2D eigenvalue weighted by molar-refractivity contribution is 5.92. The van der Waals surface area contributed by atoms with Crippen molar-refractivity contribution in [2.45, 2.75) is 19.9 Å². The van der Waals surface area contributed by atoms with Crippen LogP contribution in [0.3, 0.4) is 0 Å². The van der Waals surface area contributed by atoms with Gasteiger partial charge < -0.3 is 19.5 Å². The van der Waals surface area contributed by atoms with Gasteiger partial charge in [0.1, 0.15) is 0 Å². The molecule has 2 aromatic carbocycles. The maximum Gasteiger partial charge on any atom is 0.338 e. The van der Waals surface area contributed by atoms with E-state index in [1.54, 1.807) is 12.1 Å². The summed E-state index contributed by atoms with van der Waals surface area (Å²) in [5.41, 5.74) is 2.41. The van der Waals surface area contributed by atoms with Crippen molar-refractivity contribution in [2.75, 3.05) is 20.8 Å². The van der Waals surface area contributed by atoms with Crippen molar-refractivity contribution in [2.24, 2.45) is 0 Å². The Kier molecular flexibility index (Phi) is 6.60. The van der Waals surface area contributed by atoms with Gasteiger partial charge in [-0.1, -0.05) is 29.8 Å². The van der Waals surface area contributed by atoms with Crippen molar-refractivity contribution in [1.82, 2.24) is 5.32 Å². The molecule has 0 aliphatic rings. The Bertz CT molecular complexity index is 770. The summed E-state index contributed by atoms with van der Waals surface area (Å²) in [5, 5.41) is 2.80. The lowest BCUT2D eigenvalue weighted by Crippen LogP contribution is -2.31. The van der Waals surface area contributed by atoms with Gasteiger partial charge in [0, 0.05) is 0 Å². The number of benzene rings is 2. The summed E-state index contributed by atoms with van der Waals surface area (Å²) in [6.45, 7) is 3.52. The quantitative estimate of drug-likeness (QED) is 0.771. The molecule has 0 radical (unpaired) electrons. The molecule has 1 N–H and O–H groups in total. The molecule has 0 unspecified atom stereocenters. The Hall–Kier alpha value is -3.02. The third-order valence-corrected chi connectivity index (χ3v) is 3.91. The van der Waals surface area contributed by atoms with Crippen LogP contribution in [-0.2, 0) is 9.53 Å². The van der Waals surface area contributed by atoms with Crippen LogP contribution in [0.2, 0.25) is 0 Å². The zero-order valence-electron chi connectivity index (χ0n) is 15.4. The van der Waals surface area contributed by atoms with E-state index in [9.17, 15) is 9.59 Å². The zero-order valence-corrected chi connectivity index (χ0v) is 15.4. The maximum absolute atomic E-state index is 12.1. The molecule has 6 nitrogen and oxygen atoms in total. The molecule has 26 heavy (non-hydrogen) atoms. The third-order valence-electron chi connectivity index (χ3n) is 3.91. The van der Waals surface area contributed by atoms with E-state index in [1.807, 2.05) is 38.1 Å². The van der Waals surface area contributed by atoms with Crippen LogP contribution in [0.4, 0.5) is 0 Å². The number of aryl methyl sites for hydroxylation is 1. The molecule has 2 aromatic rings. The lowest BCUT2D eigenvalue weighted by atomic mass is 10.1. The summed E-state index contributed by atoms with van der Waals surface area (Å²) in [7, 11) is 2.99. The van der Waals surface area contributed by atoms with Gasteiger partial charge in [-0.05, 0) is 37.6 Å². The Morgan fingerprint density at radius 1 is 1.00 bits per heavy atom. The zero-order chi connectivity index (χ0) is 19.1. The molecular formula is C20H23NO5. The lowest BCUT2D eigenvalue weighted by Gasteiger charge is -2.15. The van der Waals surface area contributed by atoms with Crippen LogP contribution in [0.1, 0.15) is 34.5 Å². The monoisotopic (exact) mass is 357 g/mol. The highest BCUT2D eigenvalue weighted by atomic mass is 16.5. The van der Waals surface area contributed by atoms with Crippen molar-refractivity contribution in [3.63, 3.8) is 0 Å². The summed E-state index contributed by atoms with van der Waals surface area (Å²) in [6, 6.07) is 12.4. The van der Waals surface area contributed by atoms with Crippen LogP contribution >= 0.6 is 0 Å². The highest BCUT2D eigenvalue weighted by Crippen LogP contribution is 2.27. The number of ether oxygens (including phenoxy) is 3. The van der Waals surface area contributed by atoms with Gasteiger partial charge in [-0.2, -0.15) is 0 Å². The van der Waals surface area contributed by atoms with Crippen molar-refractivity contribution in [1.29, 1.82) is 0 Å². The molecular weight excluding hydrogens is 334 g/mol. The first kappa shape index (κ1) is 19.3. The molecule has 138 valence electrons. The maximum atomic E-state index is 12.1. The van der Waals surface area contributed by atoms with Crippen LogP contribution in [0.15, 0.2) is 42.5 Å². The van der Waals surface area contributed by atoms with E-state index >= 15 is 0 Å². The van der Waals surface area contributed by atoms with Crippen LogP contribution in [0.5, 0.6) is 11.5 Å². The van der Waals surface area contributed by atoms with Gasteiger partial charge in [0.25, 0.3) is 5.91 Å². The molecule has 0 spiro atoms. The van der Waals surface area contributed by atoms with Crippen molar-refractivity contribution in [3.05, 3.63) is 59.2 Å². The largest absolute Gasteiger partial charge is 0.493 e. The van der Waals surface area contributed by atoms with Crippen LogP contribution in [0.25, 0.3) is 0 Å². The van der Waals surface area contributed by atoms with Gasteiger partial charge in [0.2, 0.25) is 0 Å². The summed E-state index contributed by atoms with van der Waals surface area (Å²) in [6.07, 6.45) is 0. The number of esters is 1. The van der Waals surface area contributed by atoms with Gasteiger partial charge in [0.15, 0.2) is 18.1 Å². The van der Waals surface area contributed by atoms with Gasteiger partial charge in [0.05, 0.1) is 25.8 Å². The van der Waals surface area contributed by atoms with Crippen molar-refractivity contribution < 1.29 is 23.8 Å². The summed E-state index contributed by atoms with van der Waals surface area (Å²) in [4.78, 5) is 24.1. The SMILES string of the molecule is COc1ccc(C(=O)OCC(=O)N[C@H](C)c2ccc(C)cc2)cc1OC. The van der Waals surface area contributed by atoms with Crippen molar-refractivity contribution in [3.8, 4) is 11.5 Å². The smallest absolute Gasteiger partial charge is 0.338 e. The Labute approximate surface area is 153 Å². The number of hydrogen-bond donors (Lipinski definition) is 1. The Morgan fingerprint density at radius 2 is 1.65 bits per heavy atom. The van der Waals surface area contributed by atoms with Gasteiger partial charge in [-0.15, -0.1) is 0 Å². The fraction of sp³-hybridized carbons (Fsp3) is 0.300. The van der Waals surface area contributed by atoms with E-state index in [-0.39, 0.29) is 24.1 Å². The third kappa shape index (κ3) is 4.99. The standard InChI is InChI=1S/C20H23NO5/c1-13-5-7-15(8-6-13)14(2)21-19(22)12-26-20(23)16-9-10-17(24-3)18(11-16)25-4/h5-11,14H,12H2,1-4H3,(H,21,22)/t14-/m1/s1. The van der Waals surface area contributed by atoms with Crippen molar-refractivity contribution >= 4 is 11.9 Å². The van der Waals surface area contributed by atoms with E-state index < -0.39 is 5.97 Å². The fourth-order valence-corrected chi connectivity index (χ4v) is 2.40. The molecule has 0 fully saturated rings. The van der Waals surface area contributed by atoms with E-state index in [0.717, 1.165) is 11.1 Å². The van der Waals surface area contributed by atoms with Crippen LogP contribution < -0.4 is 14.8 Å². The molecule has 0 saturated heterocycles. The number of rotatable bonds is 7. The Balaban J connectivity index is 1.90. The van der Waals surface area contributed by atoms with Gasteiger partial charge in [-0.3, -0.25) is 4.79 Å². The number of carbonyl (C=O) groups is 2. The number of carbonyl (C=O) groups excluding carboxylic acids is 2. The second-order valence-electron chi connectivity index (χ2n) is 5.85. The van der Waals surface area contributed by atoms with Crippen LogP contribution in [-0.4, -0.2) is 32.7 Å². The minimum atomic E-state index is -0.607. The average Bonchev–Trinajstić information content (AvgIpc) is 2.65. The van der Waals surface area contributed by atoms with E-state index in [4.69, 9.17) is 14.2 Å². The minimum absolute atomic E-state index is 0.178. The second-order valence-corrected chi connectivity index (χ2v) is 5.85. The molecule has 0 aliphatic heterocycles. The Morgan fingerprint density at radius 3 is 2.27 bits per heavy atom. The summed E-state index contributed by atoms with van der Waals surface area (Å²) >= 11 is 0. The normalized spacial score (nSPS) is 11.4. The first-order chi connectivity index (χ1) is 12.4. The highest BCUT2D eigenvalue weighted by Gasteiger charge is 2.15. The van der Waals surface area contributed by atoms with E-state index in [0.29, 0.717) is 11.5 Å². The molecule has 1 atom stereocenters. The lowest BCUT2D eigenvalue weighted by molar-refractivity contribution is -0.124. The summed E-state index contributed by atoms with van der Waals surface area (Å²) < 4.78 is 15.3. The first-order valence-corrected chi connectivity index (χ1v) is 8.19. The van der Waals surface area contributed by atoms with Gasteiger partial charge in [-0.25, -0.2) is 4.79 Å². The van der Waals surface area contributed by atoms with Gasteiger partial charge >= 0.3 is 5.97 Å². The number of hydrogen-bond acceptors (Lipinski definition) is 5. The van der Waals surface area contributed by atoms with E-state index in [2.05, 4.69) is 5.32 Å². The molecule has 0 heterocycles. The second kappa shape index (κ2) is 8.89. The molecule has 0 aliphatic carbocycles. The predicted molar refractivity (Wildman–Crippen MR) is 97.6 cm³/mol. The number of amides is 1.